The first-order chi connectivity index (χ1) is 17.7. The second kappa shape index (κ2) is 8.38. The van der Waals surface area contributed by atoms with Gasteiger partial charge in [0.25, 0.3) is 0 Å². The molecule has 2 aromatic rings. The van der Waals surface area contributed by atoms with Crippen molar-refractivity contribution in [3.63, 3.8) is 0 Å². The van der Waals surface area contributed by atoms with Gasteiger partial charge in [0, 0.05) is 27.7 Å². The molecule has 37 heavy (non-hydrogen) atoms. The summed E-state index contributed by atoms with van der Waals surface area (Å²) >= 11 is 6.02. The number of aryl methyl sites for hydroxylation is 1. The Bertz CT molecular complexity index is 1510. The lowest BCUT2D eigenvalue weighted by Crippen LogP contribution is -2.39. The Morgan fingerprint density at radius 1 is 0.946 bits per heavy atom. The first-order valence-corrected chi connectivity index (χ1v) is 12.7. The van der Waals surface area contributed by atoms with Crippen LogP contribution >= 0.6 is 11.6 Å². The van der Waals surface area contributed by atoms with E-state index in [0.29, 0.717) is 39.4 Å². The van der Waals surface area contributed by atoms with Gasteiger partial charge in [-0.2, -0.15) is 0 Å². The van der Waals surface area contributed by atoms with Gasteiger partial charge in [-0.05, 0) is 80.1 Å². The Hall–Kier alpha value is -3.77. The third-order valence-corrected chi connectivity index (χ3v) is 8.46. The molecule has 1 N–H and O–H groups in total. The highest BCUT2D eigenvalue weighted by atomic mass is 35.5. The molecule has 0 bridgehead atoms. The number of hydrogen-bond acceptors (Lipinski definition) is 5. The van der Waals surface area contributed by atoms with Gasteiger partial charge in [-0.1, -0.05) is 35.4 Å². The largest absolute Gasteiger partial charge is 0.508 e. The standard InChI is InChI=1S/C30H24ClNO5/c1-14-11-16(3-10-23(14)33)25-19-8-9-20-26(21(19)13-22-24(34)12-15(2)28(35)27(22)25)30(37)32(29(20)36)18-6-4-17(31)5-7-18/h3-8,10-12,20-21,25-26,33H,9,13H2,1-2H3. The summed E-state index contributed by atoms with van der Waals surface area (Å²) in [5, 5.41) is 10.6. The molecular weight excluding hydrogens is 490 g/mol. The maximum atomic E-state index is 13.8. The second-order valence-electron chi connectivity index (χ2n) is 10.3. The molecule has 0 saturated carbocycles. The number of ketones is 2. The number of halogens is 1. The van der Waals surface area contributed by atoms with Crippen LogP contribution in [0, 0.1) is 24.7 Å². The SMILES string of the molecule is CC1=CC(=O)C2=C(C1=O)C(c1ccc(O)c(C)c1)C1=CCC3C(=O)N(c4ccc(Cl)cc4)C(=O)C3C1C2. The molecule has 6 rings (SSSR count). The first-order valence-electron chi connectivity index (χ1n) is 12.3. The number of anilines is 1. The van der Waals surface area contributed by atoms with E-state index in [1.54, 1.807) is 50.2 Å². The third kappa shape index (κ3) is 3.46. The monoisotopic (exact) mass is 513 g/mol. The van der Waals surface area contributed by atoms with Crippen LogP contribution in [-0.4, -0.2) is 28.5 Å². The van der Waals surface area contributed by atoms with E-state index in [9.17, 15) is 24.3 Å². The lowest BCUT2D eigenvalue weighted by Gasteiger charge is -2.42. The van der Waals surface area contributed by atoms with E-state index in [1.807, 2.05) is 12.1 Å². The molecule has 3 aliphatic carbocycles. The summed E-state index contributed by atoms with van der Waals surface area (Å²) in [5.41, 5.74) is 4.04. The van der Waals surface area contributed by atoms with E-state index in [0.717, 1.165) is 11.1 Å². The predicted octanol–water partition coefficient (Wildman–Crippen LogP) is 4.99. The van der Waals surface area contributed by atoms with Gasteiger partial charge in [0.05, 0.1) is 17.5 Å². The fourth-order valence-electron chi connectivity index (χ4n) is 6.44. The normalized spacial score (nSPS) is 27.1. The van der Waals surface area contributed by atoms with Crippen molar-refractivity contribution in [1.29, 1.82) is 0 Å². The number of benzene rings is 2. The number of phenols is 1. The van der Waals surface area contributed by atoms with Gasteiger partial charge in [-0.15, -0.1) is 0 Å². The molecule has 186 valence electrons. The minimum atomic E-state index is -0.632. The topological polar surface area (TPSA) is 91.8 Å². The first kappa shape index (κ1) is 23.6. The maximum Gasteiger partial charge on any atom is 0.238 e. The molecule has 1 fully saturated rings. The number of imide groups is 1. The van der Waals surface area contributed by atoms with Crippen molar-refractivity contribution in [2.75, 3.05) is 4.90 Å². The lowest BCUT2D eigenvalue weighted by atomic mass is 9.59. The van der Waals surface area contributed by atoms with Gasteiger partial charge >= 0.3 is 0 Å². The van der Waals surface area contributed by atoms with Crippen LogP contribution in [0.1, 0.15) is 36.8 Å². The van der Waals surface area contributed by atoms with Crippen LogP contribution in [0.15, 0.2) is 76.9 Å². The molecule has 7 heteroatoms. The molecule has 1 heterocycles. The van der Waals surface area contributed by atoms with Crippen LogP contribution < -0.4 is 4.90 Å². The maximum absolute atomic E-state index is 13.8. The lowest BCUT2D eigenvalue weighted by molar-refractivity contribution is -0.123. The van der Waals surface area contributed by atoms with Crippen LogP contribution in [0.25, 0.3) is 0 Å². The van der Waals surface area contributed by atoms with Crippen molar-refractivity contribution in [3.8, 4) is 5.75 Å². The number of carbonyl (C=O) groups excluding carboxylic acids is 4. The second-order valence-corrected chi connectivity index (χ2v) is 10.7. The van der Waals surface area contributed by atoms with Crippen molar-refractivity contribution in [2.45, 2.75) is 32.6 Å². The zero-order chi connectivity index (χ0) is 26.2. The third-order valence-electron chi connectivity index (χ3n) is 8.20. The minimum Gasteiger partial charge on any atom is -0.508 e. The quantitative estimate of drug-likeness (QED) is 0.347. The number of aromatic hydroxyl groups is 1. The predicted molar refractivity (Wildman–Crippen MR) is 138 cm³/mol. The molecule has 2 aromatic carbocycles. The van der Waals surface area contributed by atoms with Gasteiger partial charge in [0.2, 0.25) is 11.8 Å². The zero-order valence-electron chi connectivity index (χ0n) is 20.3. The van der Waals surface area contributed by atoms with Gasteiger partial charge in [-0.3, -0.25) is 24.1 Å². The van der Waals surface area contributed by atoms with E-state index >= 15 is 0 Å². The average molecular weight is 514 g/mol. The highest BCUT2D eigenvalue weighted by Crippen LogP contribution is 2.55. The van der Waals surface area contributed by atoms with Gasteiger partial charge in [0.1, 0.15) is 5.75 Å². The molecule has 4 unspecified atom stereocenters. The van der Waals surface area contributed by atoms with Gasteiger partial charge < -0.3 is 5.11 Å². The summed E-state index contributed by atoms with van der Waals surface area (Å²) in [4.78, 5) is 55.1. The number of nitrogens with zero attached hydrogens (tertiary/aromatic N) is 1. The van der Waals surface area contributed by atoms with Crippen molar-refractivity contribution >= 4 is 40.7 Å². The summed E-state index contributed by atoms with van der Waals surface area (Å²) in [5.74, 6) is -2.90. The van der Waals surface area contributed by atoms with E-state index in [1.165, 1.54) is 11.0 Å². The molecule has 0 aromatic heterocycles. The minimum absolute atomic E-state index is 0.139. The molecular formula is C30H24ClNO5. The summed E-state index contributed by atoms with van der Waals surface area (Å²) in [6.45, 7) is 3.42. The molecule has 4 atom stereocenters. The van der Waals surface area contributed by atoms with Crippen molar-refractivity contribution in [3.05, 3.63) is 93.1 Å². The zero-order valence-corrected chi connectivity index (χ0v) is 21.1. The fourth-order valence-corrected chi connectivity index (χ4v) is 6.57. The van der Waals surface area contributed by atoms with E-state index in [2.05, 4.69) is 0 Å². The highest BCUT2D eigenvalue weighted by molar-refractivity contribution is 6.31. The molecule has 1 saturated heterocycles. The Balaban J connectivity index is 1.49. The molecule has 0 radical (unpaired) electrons. The fraction of sp³-hybridized carbons (Fsp3) is 0.267. The Kier molecular flexibility index (Phi) is 5.35. The molecule has 4 aliphatic rings. The highest BCUT2D eigenvalue weighted by Gasteiger charge is 2.56. The van der Waals surface area contributed by atoms with E-state index in [4.69, 9.17) is 11.6 Å². The molecule has 0 spiro atoms. The summed E-state index contributed by atoms with van der Waals surface area (Å²) in [6.07, 6.45) is 3.97. The molecule has 6 nitrogen and oxygen atoms in total. The number of hydrogen-bond donors (Lipinski definition) is 1. The van der Waals surface area contributed by atoms with Crippen molar-refractivity contribution < 1.29 is 24.3 Å². The molecule has 1 aliphatic heterocycles. The van der Waals surface area contributed by atoms with Crippen LogP contribution in [0.5, 0.6) is 5.75 Å². The smallest absolute Gasteiger partial charge is 0.238 e. The van der Waals surface area contributed by atoms with E-state index in [-0.39, 0.29) is 35.6 Å². The Labute approximate surface area is 218 Å². The summed E-state index contributed by atoms with van der Waals surface area (Å²) < 4.78 is 0. The van der Waals surface area contributed by atoms with Gasteiger partial charge in [-0.25, -0.2) is 0 Å². The van der Waals surface area contributed by atoms with Crippen molar-refractivity contribution in [2.24, 2.45) is 17.8 Å². The number of carbonyl (C=O) groups is 4. The Morgan fingerprint density at radius 3 is 2.38 bits per heavy atom. The number of allylic oxidation sites excluding steroid dienone is 6. The summed E-state index contributed by atoms with van der Waals surface area (Å²) in [6, 6.07) is 11.8. The number of Topliss-reactive ketones (excluding diaryl/α,β-unsaturated/α-hetero) is 1. The van der Waals surface area contributed by atoms with Crippen LogP contribution in [0.2, 0.25) is 5.02 Å². The van der Waals surface area contributed by atoms with Crippen LogP contribution in [-0.2, 0) is 19.2 Å². The van der Waals surface area contributed by atoms with Crippen LogP contribution in [0.4, 0.5) is 5.69 Å². The molecule has 2 amide bonds. The number of fused-ring (bicyclic) bond motifs is 3. The Morgan fingerprint density at radius 2 is 1.68 bits per heavy atom. The number of amides is 2. The van der Waals surface area contributed by atoms with Gasteiger partial charge in [0.15, 0.2) is 11.6 Å². The van der Waals surface area contributed by atoms with E-state index < -0.39 is 23.7 Å². The number of rotatable bonds is 2. The van der Waals surface area contributed by atoms with Crippen molar-refractivity contribution in [1.82, 2.24) is 0 Å². The summed E-state index contributed by atoms with van der Waals surface area (Å²) in [7, 11) is 0. The average Bonchev–Trinajstić information content (AvgIpc) is 3.13. The van der Waals surface area contributed by atoms with Crippen LogP contribution in [0.3, 0.4) is 0 Å². The number of phenolic OH excluding ortho intramolecular Hbond substituents is 1.